The average Bonchev–Trinajstić information content (AvgIpc) is 2.83. The Kier molecular flexibility index (Phi) is 5.91. The zero-order valence-electron chi connectivity index (χ0n) is 17.1. The number of benzene rings is 1. The molecule has 0 spiro atoms. The Labute approximate surface area is 155 Å². The molecule has 4 nitrogen and oxygen atoms in total. The number of hydrogen-bond donors (Lipinski definition) is 0. The third-order valence-corrected chi connectivity index (χ3v) is 6.39. The van der Waals surface area contributed by atoms with Gasteiger partial charge >= 0.3 is 0 Å². The second-order valence-electron chi connectivity index (χ2n) is 8.79. The molecule has 1 saturated carbocycles. The Morgan fingerprint density at radius 3 is 1.80 bits per heavy atom. The van der Waals surface area contributed by atoms with Crippen molar-refractivity contribution in [3.05, 3.63) is 29.8 Å². The lowest BCUT2D eigenvalue weighted by Gasteiger charge is -2.50. The maximum Gasteiger partial charge on any atom is 0.191 e. The summed E-state index contributed by atoms with van der Waals surface area (Å²) < 4.78 is 25.0. The van der Waals surface area contributed by atoms with Gasteiger partial charge in [0.2, 0.25) is 0 Å². The molecule has 2 unspecified atom stereocenters. The van der Waals surface area contributed by atoms with Crippen LogP contribution in [-0.2, 0) is 19.2 Å². The van der Waals surface area contributed by atoms with Crippen LogP contribution in [0.2, 0.25) is 39.3 Å². The zero-order chi connectivity index (χ0) is 18.9. The van der Waals surface area contributed by atoms with Crippen molar-refractivity contribution in [3.63, 3.8) is 0 Å². The molecule has 2 rings (SSSR count). The van der Waals surface area contributed by atoms with Gasteiger partial charge < -0.3 is 18.3 Å². The SMILES string of the molecule is COc1ccc(C2(O[Si](C)(C)C)CCCC2(OC)O[Si](C)(C)C)cc1. The average molecular weight is 383 g/mol. The first-order chi connectivity index (χ1) is 11.5. The fourth-order valence-electron chi connectivity index (χ4n) is 3.83. The monoisotopic (exact) mass is 382 g/mol. The summed E-state index contributed by atoms with van der Waals surface area (Å²) in [5, 5.41) is 0. The summed E-state index contributed by atoms with van der Waals surface area (Å²) in [5.41, 5.74) is 0.548. The molecule has 0 aliphatic heterocycles. The van der Waals surface area contributed by atoms with Crippen LogP contribution in [0, 0.1) is 0 Å². The van der Waals surface area contributed by atoms with Gasteiger partial charge in [-0.2, -0.15) is 0 Å². The first kappa shape index (κ1) is 20.6. The molecule has 0 heterocycles. The first-order valence-corrected chi connectivity index (χ1v) is 15.9. The van der Waals surface area contributed by atoms with Crippen LogP contribution < -0.4 is 4.74 Å². The molecule has 2 atom stereocenters. The van der Waals surface area contributed by atoms with Gasteiger partial charge in [0.1, 0.15) is 11.4 Å². The van der Waals surface area contributed by atoms with Crippen LogP contribution in [0.3, 0.4) is 0 Å². The predicted octanol–water partition coefficient (Wildman–Crippen LogP) is 5.12. The minimum Gasteiger partial charge on any atom is -0.497 e. The summed E-state index contributed by atoms with van der Waals surface area (Å²) in [4.78, 5) is 0. The van der Waals surface area contributed by atoms with Crippen molar-refractivity contribution in [2.75, 3.05) is 14.2 Å². The lowest BCUT2D eigenvalue weighted by Crippen LogP contribution is -2.59. The van der Waals surface area contributed by atoms with Crippen molar-refractivity contribution in [2.24, 2.45) is 0 Å². The third kappa shape index (κ3) is 4.36. The molecule has 1 fully saturated rings. The fourth-order valence-corrected chi connectivity index (χ4v) is 6.59. The molecule has 1 aromatic rings. The molecule has 6 heteroatoms. The molecule has 1 aromatic carbocycles. The molecule has 0 radical (unpaired) electrons. The Morgan fingerprint density at radius 2 is 1.36 bits per heavy atom. The smallest absolute Gasteiger partial charge is 0.191 e. The van der Waals surface area contributed by atoms with E-state index in [1.807, 2.05) is 12.1 Å². The predicted molar refractivity (Wildman–Crippen MR) is 107 cm³/mol. The highest BCUT2D eigenvalue weighted by atomic mass is 28.4. The fraction of sp³-hybridized carbons (Fsp3) is 0.684. The standard InChI is InChI=1S/C19H34O4Si2/c1-20-17-12-10-16(11-13-17)18(22-24(3,4)5)14-9-15-19(18,21-2)23-25(6,7)8/h10-13H,9,14-15H2,1-8H3. The van der Waals surface area contributed by atoms with Crippen molar-refractivity contribution < 1.29 is 18.3 Å². The summed E-state index contributed by atoms with van der Waals surface area (Å²) in [6, 6.07) is 8.20. The van der Waals surface area contributed by atoms with Gasteiger partial charge in [0, 0.05) is 13.5 Å². The minimum absolute atomic E-state index is 0.571. The van der Waals surface area contributed by atoms with Gasteiger partial charge in [0.15, 0.2) is 22.4 Å². The van der Waals surface area contributed by atoms with Crippen molar-refractivity contribution in [2.45, 2.75) is 69.9 Å². The molecule has 0 bridgehead atoms. The molecule has 0 aromatic heterocycles. The van der Waals surface area contributed by atoms with Crippen LogP contribution in [0.4, 0.5) is 0 Å². The molecule has 0 amide bonds. The van der Waals surface area contributed by atoms with E-state index in [9.17, 15) is 0 Å². The van der Waals surface area contributed by atoms with Crippen LogP contribution in [0.25, 0.3) is 0 Å². The molecule has 0 N–H and O–H groups in total. The Hall–Kier alpha value is -0.666. The van der Waals surface area contributed by atoms with Gasteiger partial charge in [-0.1, -0.05) is 12.1 Å². The lowest BCUT2D eigenvalue weighted by molar-refractivity contribution is -0.259. The molecule has 1 aliphatic carbocycles. The first-order valence-electron chi connectivity index (χ1n) is 9.07. The van der Waals surface area contributed by atoms with E-state index in [4.69, 9.17) is 18.3 Å². The quantitative estimate of drug-likeness (QED) is 0.484. The van der Waals surface area contributed by atoms with Crippen molar-refractivity contribution in [1.82, 2.24) is 0 Å². The van der Waals surface area contributed by atoms with E-state index in [0.29, 0.717) is 0 Å². The largest absolute Gasteiger partial charge is 0.497 e. The van der Waals surface area contributed by atoms with Gasteiger partial charge in [-0.25, -0.2) is 0 Å². The van der Waals surface area contributed by atoms with Gasteiger partial charge in [0.05, 0.1) is 7.11 Å². The van der Waals surface area contributed by atoms with E-state index >= 15 is 0 Å². The molecule has 0 saturated heterocycles. The van der Waals surface area contributed by atoms with Crippen molar-refractivity contribution >= 4 is 16.6 Å². The van der Waals surface area contributed by atoms with Gasteiger partial charge in [-0.05, 0) is 69.8 Å². The highest BCUT2D eigenvalue weighted by Gasteiger charge is 2.61. The van der Waals surface area contributed by atoms with E-state index in [0.717, 1.165) is 30.6 Å². The van der Waals surface area contributed by atoms with Crippen LogP contribution in [-0.4, -0.2) is 36.6 Å². The van der Waals surface area contributed by atoms with Gasteiger partial charge in [-0.3, -0.25) is 0 Å². The summed E-state index contributed by atoms with van der Waals surface area (Å²) in [5.74, 6) is 0.117. The molecular formula is C19H34O4Si2. The molecule has 1 aliphatic rings. The van der Waals surface area contributed by atoms with E-state index in [1.165, 1.54) is 0 Å². The Balaban J connectivity index is 2.59. The topological polar surface area (TPSA) is 36.9 Å². The van der Waals surface area contributed by atoms with E-state index < -0.39 is 28.0 Å². The third-order valence-electron chi connectivity index (χ3n) is 4.49. The van der Waals surface area contributed by atoms with Crippen LogP contribution in [0.5, 0.6) is 5.75 Å². The van der Waals surface area contributed by atoms with E-state index in [-0.39, 0.29) is 0 Å². The van der Waals surface area contributed by atoms with E-state index in [2.05, 4.69) is 51.4 Å². The van der Waals surface area contributed by atoms with Crippen molar-refractivity contribution in [1.29, 1.82) is 0 Å². The Morgan fingerprint density at radius 1 is 0.800 bits per heavy atom. The van der Waals surface area contributed by atoms with Crippen LogP contribution in [0.15, 0.2) is 24.3 Å². The minimum atomic E-state index is -1.86. The molecular weight excluding hydrogens is 348 g/mol. The lowest BCUT2D eigenvalue weighted by atomic mass is 9.87. The maximum absolute atomic E-state index is 6.87. The molecule has 142 valence electrons. The molecule has 25 heavy (non-hydrogen) atoms. The van der Waals surface area contributed by atoms with E-state index in [1.54, 1.807) is 14.2 Å². The number of hydrogen-bond acceptors (Lipinski definition) is 4. The summed E-state index contributed by atoms with van der Waals surface area (Å²) in [6.07, 6.45) is 2.78. The summed E-state index contributed by atoms with van der Waals surface area (Å²) in [6.45, 7) is 13.3. The van der Waals surface area contributed by atoms with Crippen molar-refractivity contribution in [3.8, 4) is 5.75 Å². The van der Waals surface area contributed by atoms with Crippen LogP contribution >= 0.6 is 0 Å². The summed E-state index contributed by atoms with van der Waals surface area (Å²) in [7, 11) is -0.252. The number of rotatable bonds is 7. The number of ether oxygens (including phenoxy) is 2. The van der Waals surface area contributed by atoms with Gasteiger partial charge in [-0.15, -0.1) is 0 Å². The van der Waals surface area contributed by atoms with Gasteiger partial charge in [0.25, 0.3) is 0 Å². The maximum atomic E-state index is 6.87. The summed E-state index contributed by atoms with van der Waals surface area (Å²) >= 11 is 0. The second-order valence-corrected chi connectivity index (χ2v) is 17.7. The number of methoxy groups -OCH3 is 2. The Bertz CT molecular complexity index is 577. The highest BCUT2D eigenvalue weighted by molar-refractivity contribution is 6.70. The second kappa shape index (κ2) is 7.15. The highest BCUT2D eigenvalue weighted by Crippen LogP contribution is 2.54. The zero-order valence-corrected chi connectivity index (χ0v) is 19.1. The normalized spacial score (nSPS) is 27.5. The van der Waals surface area contributed by atoms with Crippen LogP contribution in [0.1, 0.15) is 24.8 Å².